The Hall–Kier alpha value is -0.590. The summed E-state index contributed by atoms with van der Waals surface area (Å²) >= 11 is 1.14. The van der Waals surface area contributed by atoms with Gasteiger partial charge in [0.2, 0.25) is 5.91 Å². The maximum absolute atomic E-state index is 11.7. The zero-order valence-corrected chi connectivity index (χ0v) is 13.4. The minimum Gasteiger partial charge on any atom is -0.356 e. The van der Waals surface area contributed by atoms with Crippen LogP contribution in [0.5, 0.6) is 0 Å². The molecule has 0 aliphatic carbocycles. The molecule has 0 aromatic carbocycles. The van der Waals surface area contributed by atoms with Crippen molar-refractivity contribution in [3.05, 3.63) is 17.0 Å². The highest BCUT2D eigenvalue weighted by Gasteiger charge is 2.15. The number of hydrogen-bond donors (Lipinski definition) is 1. The molecular weight excluding hydrogens is 306 g/mol. The van der Waals surface area contributed by atoms with Crippen molar-refractivity contribution >= 4 is 37.0 Å². The molecular formula is C12H18ClNO3S2. The molecule has 0 saturated heterocycles. The van der Waals surface area contributed by atoms with Gasteiger partial charge in [-0.1, -0.05) is 13.8 Å². The molecule has 0 radical (unpaired) electrons. The Labute approximate surface area is 122 Å². The summed E-state index contributed by atoms with van der Waals surface area (Å²) in [6.45, 7) is 4.49. The summed E-state index contributed by atoms with van der Waals surface area (Å²) < 4.78 is 22.4. The minimum absolute atomic E-state index is 0.0575. The first-order chi connectivity index (χ1) is 8.88. The molecule has 0 saturated carbocycles. The Morgan fingerprint density at radius 3 is 2.47 bits per heavy atom. The molecule has 1 N–H and O–H groups in total. The molecule has 0 spiro atoms. The summed E-state index contributed by atoms with van der Waals surface area (Å²) in [4.78, 5) is 12.6. The Kier molecular flexibility index (Phi) is 6.29. The average Bonchev–Trinajstić information content (AvgIpc) is 2.79. The highest BCUT2D eigenvalue weighted by molar-refractivity contribution is 8.15. The van der Waals surface area contributed by atoms with Gasteiger partial charge in [-0.15, -0.1) is 11.3 Å². The van der Waals surface area contributed by atoms with E-state index in [1.165, 1.54) is 6.07 Å². The molecule has 1 amide bonds. The number of carbonyl (C=O) groups is 1. The van der Waals surface area contributed by atoms with Crippen molar-refractivity contribution in [3.63, 3.8) is 0 Å². The molecule has 108 valence electrons. The molecule has 1 aromatic heterocycles. The summed E-state index contributed by atoms with van der Waals surface area (Å²) in [5.74, 6) is 0.119. The molecule has 0 bridgehead atoms. The van der Waals surface area contributed by atoms with Gasteiger partial charge in [0, 0.05) is 28.0 Å². The number of hydrogen-bond acceptors (Lipinski definition) is 4. The van der Waals surface area contributed by atoms with E-state index in [0.29, 0.717) is 13.0 Å². The lowest BCUT2D eigenvalue weighted by Gasteiger charge is -2.12. The SMILES string of the molecule is CCC(CC)C(=O)NCCc1ccc(S(=O)(=O)Cl)s1. The second-order valence-electron chi connectivity index (χ2n) is 4.21. The Morgan fingerprint density at radius 1 is 1.37 bits per heavy atom. The molecule has 0 fully saturated rings. The monoisotopic (exact) mass is 323 g/mol. The Morgan fingerprint density at radius 2 is 2.00 bits per heavy atom. The van der Waals surface area contributed by atoms with E-state index < -0.39 is 9.05 Å². The number of amides is 1. The van der Waals surface area contributed by atoms with Gasteiger partial charge in [-0.3, -0.25) is 4.79 Å². The van der Waals surface area contributed by atoms with Crippen LogP contribution in [-0.2, 0) is 20.3 Å². The van der Waals surface area contributed by atoms with Gasteiger partial charge in [-0.2, -0.15) is 0 Å². The average molecular weight is 324 g/mol. The van der Waals surface area contributed by atoms with Gasteiger partial charge in [-0.25, -0.2) is 8.42 Å². The first-order valence-electron chi connectivity index (χ1n) is 6.19. The third-order valence-corrected chi connectivity index (χ3v) is 6.14. The van der Waals surface area contributed by atoms with Gasteiger partial charge in [0.15, 0.2) is 0 Å². The maximum atomic E-state index is 11.7. The third kappa shape index (κ3) is 5.12. The van der Waals surface area contributed by atoms with Crippen LogP contribution >= 0.6 is 22.0 Å². The van der Waals surface area contributed by atoms with Crippen LogP contribution in [0, 0.1) is 5.92 Å². The maximum Gasteiger partial charge on any atom is 0.270 e. The van der Waals surface area contributed by atoms with Gasteiger partial charge in [0.25, 0.3) is 9.05 Å². The fraction of sp³-hybridized carbons (Fsp3) is 0.583. The lowest BCUT2D eigenvalue weighted by atomic mass is 10.0. The summed E-state index contributed by atoms with van der Waals surface area (Å²) in [7, 11) is 1.61. The molecule has 0 aliphatic heterocycles. The van der Waals surface area contributed by atoms with E-state index in [2.05, 4.69) is 5.32 Å². The van der Waals surface area contributed by atoms with E-state index in [4.69, 9.17) is 10.7 Å². The zero-order valence-electron chi connectivity index (χ0n) is 11.0. The summed E-state index contributed by atoms with van der Waals surface area (Å²) in [5.41, 5.74) is 0. The lowest BCUT2D eigenvalue weighted by Crippen LogP contribution is -2.31. The topological polar surface area (TPSA) is 63.2 Å². The van der Waals surface area contributed by atoms with Crippen LogP contribution in [0.15, 0.2) is 16.3 Å². The van der Waals surface area contributed by atoms with Crippen LogP contribution in [0.25, 0.3) is 0 Å². The van der Waals surface area contributed by atoms with E-state index in [9.17, 15) is 13.2 Å². The van der Waals surface area contributed by atoms with Crippen LogP contribution in [-0.4, -0.2) is 20.9 Å². The zero-order chi connectivity index (χ0) is 14.5. The molecule has 1 rings (SSSR count). The third-order valence-electron chi connectivity index (χ3n) is 2.90. The van der Waals surface area contributed by atoms with E-state index in [1.807, 2.05) is 13.8 Å². The second kappa shape index (κ2) is 7.26. The van der Waals surface area contributed by atoms with Crippen molar-refractivity contribution < 1.29 is 13.2 Å². The van der Waals surface area contributed by atoms with Crippen molar-refractivity contribution in [2.45, 2.75) is 37.3 Å². The molecule has 1 aromatic rings. The largest absolute Gasteiger partial charge is 0.356 e. The van der Waals surface area contributed by atoms with Crippen LogP contribution in [0.4, 0.5) is 0 Å². The fourth-order valence-corrected chi connectivity index (χ4v) is 3.86. The summed E-state index contributed by atoms with van der Waals surface area (Å²) in [6, 6.07) is 3.22. The molecule has 4 nitrogen and oxygen atoms in total. The number of rotatable bonds is 7. The van der Waals surface area contributed by atoms with Gasteiger partial charge in [0.1, 0.15) is 4.21 Å². The second-order valence-corrected chi connectivity index (χ2v) is 8.17. The van der Waals surface area contributed by atoms with Crippen molar-refractivity contribution in [3.8, 4) is 0 Å². The molecule has 7 heteroatoms. The summed E-state index contributed by atoms with van der Waals surface area (Å²) in [6.07, 6.45) is 2.27. The van der Waals surface area contributed by atoms with E-state index in [0.717, 1.165) is 29.1 Å². The Bertz CT molecular complexity index is 521. The number of nitrogens with one attached hydrogen (secondary N) is 1. The normalized spacial score (nSPS) is 11.8. The first-order valence-corrected chi connectivity index (χ1v) is 9.32. The fourth-order valence-electron chi connectivity index (χ4n) is 1.74. The standard InChI is InChI=1S/C12H18ClNO3S2/c1-3-9(4-2)12(15)14-8-7-10-5-6-11(18-10)19(13,16)17/h5-6,9H,3-4,7-8H2,1-2H3,(H,14,15). The van der Waals surface area contributed by atoms with Crippen LogP contribution in [0.3, 0.4) is 0 Å². The van der Waals surface area contributed by atoms with Crippen LogP contribution in [0.1, 0.15) is 31.6 Å². The number of thiophene rings is 1. The van der Waals surface area contributed by atoms with E-state index >= 15 is 0 Å². The van der Waals surface area contributed by atoms with Crippen LogP contribution < -0.4 is 5.32 Å². The Balaban J connectivity index is 2.46. The van der Waals surface area contributed by atoms with Crippen molar-refractivity contribution in [2.24, 2.45) is 5.92 Å². The van der Waals surface area contributed by atoms with Crippen molar-refractivity contribution in [2.75, 3.05) is 6.54 Å². The molecule has 19 heavy (non-hydrogen) atoms. The molecule has 0 atom stereocenters. The molecule has 0 unspecified atom stereocenters. The van der Waals surface area contributed by atoms with Gasteiger partial charge < -0.3 is 5.32 Å². The van der Waals surface area contributed by atoms with Crippen molar-refractivity contribution in [1.82, 2.24) is 5.32 Å². The van der Waals surface area contributed by atoms with E-state index in [1.54, 1.807) is 6.07 Å². The summed E-state index contributed by atoms with van der Waals surface area (Å²) in [5, 5.41) is 2.87. The highest BCUT2D eigenvalue weighted by atomic mass is 35.7. The number of halogens is 1. The van der Waals surface area contributed by atoms with Gasteiger partial charge >= 0.3 is 0 Å². The van der Waals surface area contributed by atoms with Gasteiger partial charge in [0.05, 0.1) is 0 Å². The predicted molar refractivity (Wildman–Crippen MR) is 78.1 cm³/mol. The smallest absolute Gasteiger partial charge is 0.270 e. The quantitative estimate of drug-likeness (QED) is 0.785. The van der Waals surface area contributed by atoms with Crippen molar-refractivity contribution in [1.29, 1.82) is 0 Å². The van der Waals surface area contributed by atoms with Crippen LogP contribution in [0.2, 0.25) is 0 Å². The highest BCUT2D eigenvalue weighted by Crippen LogP contribution is 2.24. The minimum atomic E-state index is -3.64. The molecule has 1 heterocycles. The van der Waals surface area contributed by atoms with Gasteiger partial charge in [-0.05, 0) is 31.4 Å². The first kappa shape index (κ1) is 16.5. The van der Waals surface area contributed by atoms with E-state index in [-0.39, 0.29) is 16.0 Å². The predicted octanol–water partition coefficient (Wildman–Crippen LogP) is 2.77. The molecule has 0 aliphatic rings. The lowest BCUT2D eigenvalue weighted by molar-refractivity contribution is -0.125. The number of carbonyl (C=O) groups excluding carboxylic acids is 1.